The minimum atomic E-state index is 0.623. The number of rotatable bonds is 7. The fourth-order valence-electron chi connectivity index (χ4n) is 2.15. The third kappa shape index (κ3) is 4.15. The average Bonchev–Trinajstić information content (AvgIpc) is 2.54. The molecule has 0 aliphatic rings. The van der Waals surface area contributed by atoms with Crippen LogP contribution in [0.5, 0.6) is 11.5 Å². The zero-order valence-electron chi connectivity index (χ0n) is 13.0. The van der Waals surface area contributed by atoms with E-state index in [1.54, 1.807) is 7.11 Å². The maximum absolute atomic E-state index is 5.59. The Morgan fingerprint density at radius 3 is 2.24 bits per heavy atom. The summed E-state index contributed by atoms with van der Waals surface area (Å²) >= 11 is 0. The van der Waals surface area contributed by atoms with Crippen LogP contribution in [0.2, 0.25) is 0 Å². The van der Waals surface area contributed by atoms with Crippen LogP contribution in [0.3, 0.4) is 0 Å². The van der Waals surface area contributed by atoms with Crippen molar-refractivity contribution in [2.24, 2.45) is 0 Å². The standard InChI is InChI=1S/C18H23NO2/c1-4-14-6-8-15(9-7-14)13-19-16-10-11-17(20-3)18(12-16)21-5-2/h6-12,19H,4-5,13H2,1-3H3. The molecule has 0 amide bonds. The zero-order valence-corrected chi connectivity index (χ0v) is 13.0. The van der Waals surface area contributed by atoms with Gasteiger partial charge in [0.2, 0.25) is 0 Å². The number of methoxy groups -OCH3 is 1. The van der Waals surface area contributed by atoms with Crippen LogP contribution in [0.15, 0.2) is 42.5 Å². The highest BCUT2D eigenvalue weighted by atomic mass is 16.5. The number of anilines is 1. The van der Waals surface area contributed by atoms with Gasteiger partial charge in [-0.05, 0) is 36.6 Å². The zero-order chi connectivity index (χ0) is 15.1. The predicted octanol–water partition coefficient (Wildman–Crippen LogP) is 4.27. The largest absolute Gasteiger partial charge is 0.493 e. The summed E-state index contributed by atoms with van der Waals surface area (Å²) in [5, 5.41) is 3.41. The first-order chi connectivity index (χ1) is 10.3. The number of hydrogen-bond donors (Lipinski definition) is 1. The maximum Gasteiger partial charge on any atom is 0.163 e. The molecule has 112 valence electrons. The van der Waals surface area contributed by atoms with Gasteiger partial charge in [-0.2, -0.15) is 0 Å². The molecule has 2 rings (SSSR count). The van der Waals surface area contributed by atoms with Crippen LogP contribution < -0.4 is 14.8 Å². The van der Waals surface area contributed by atoms with Crippen molar-refractivity contribution in [2.45, 2.75) is 26.8 Å². The molecule has 0 heterocycles. The van der Waals surface area contributed by atoms with Crippen molar-refractivity contribution in [2.75, 3.05) is 19.0 Å². The SMILES string of the molecule is CCOc1cc(NCc2ccc(CC)cc2)ccc1OC. The third-order valence-electron chi connectivity index (χ3n) is 3.39. The van der Waals surface area contributed by atoms with Gasteiger partial charge in [-0.25, -0.2) is 0 Å². The molecule has 3 nitrogen and oxygen atoms in total. The van der Waals surface area contributed by atoms with E-state index in [0.29, 0.717) is 6.61 Å². The quantitative estimate of drug-likeness (QED) is 0.824. The molecule has 0 saturated carbocycles. The maximum atomic E-state index is 5.59. The van der Waals surface area contributed by atoms with Gasteiger partial charge in [0.25, 0.3) is 0 Å². The first-order valence-electron chi connectivity index (χ1n) is 7.39. The smallest absolute Gasteiger partial charge is 0.163 e. The van der Waals surface area contributed by atoms with Crippen molar-refractivity contribution < 1.29 is 9.47 Å². The summed E-state index contributed by atoms with van der Waals surface area (Å²) in [6, 6.07) is 14.6. The lowest BCUT2D eigenvalue weighted by Gasteiger charge is -2.12. The van der Waals surface area contributed by atoms with Crippen LogP contribution in [-0.2, 0) is 13.0 Å². The molecule has 0 bridgehead atoms. The van der Waals surface area contributed by atoms with Crippen molar-refractivity contribution in [1.82, 2.24) is 0 Å². The molecule has 1 N–H and O–H groups in total. The van der Waals surface area contributed by atoms with Gasteiger partial charge in [0, 0.05) is 18.3 Å². The number of ether oxygens (including phenoxy) is 2. The molecule has 0 aliphatic heterocycles. The second kappa shape index (κ2) is 7.58. The van der Waals surface area contributed by atoms with E-state index in [1.165, 1.54) is 11.1 Å². The topological polar surface area (TPSA) is 30.5 Å². The number of benzene rings is 2. The molecule has 0 atom stereocenters. The van der Waals surface area contributed by atoms with Gasteiger partial charge in [-0.15, -0.1) is 0 Å². The number of nitrogens with one attached hydrogen (secondary N) is 1. The second-order valence-electron chi connectivity index (χ2n) is 4.82. The highest BCUT2D eigenvalue weighted by Gasteiger charge is 2.05. The van der Waals surface area contributed by atoms with Gasteiger partial charge in [0.05, 0.1) is 13.7 Å². The van der Waals surface area contributed by atoms with Crippen LogP contribution in [0.25, 0.3) is 0 Å². The summed E-state index contributed by atoms with van der Waals surface area (Å²) in [6.07, 6.45) is 1.07. The Balaban J connectivity index is 2.03. The molecule has 0 saturated heterocycles. The first-order valence-corrected chi connectivity index (χ1v) is 7.39. The Kier molecular flexibility index (Phi) is 5.50. The molecular formula is C18H23NO2. The molecule has 0 fully saturated rings. The lowest BCUT2D eigenvalue weighted by molar-refractivity contribution is 0.311. The first kappa shape index (κ1) is 15.2. The average molecular weight is 285 g/mol. The molecule has 0 radical (unpaired) electrons. The summed E-state index contributed by atoms with van der Waals surface area (Å²) in [5.41, 5.74) is 3.65. The van der Waals surface area contributed by atoms with Crippen molar-refractivity contribution in [1.29, 1.82) is 0 Å². The van der Waals surface area contributed by atoms with E-state index in [2.05, 4.69) is 36.5 Å². The van der Waals surface area contributed by atoms with Crippen LogP contribution in [0.4, 0.5) is 5.69 Å². The Morgan fingerprint density at radius 2 is 1.62 bits per heavy atom. The molecule has 2 aromatic carbocycles. The molecule has 2 aromatic rings. The van der Waals surface area contributed by atoms with Gasteiger partial charge in [0.1, 0.15) is 0 Å². The predicted molar refractivity (Wildman–Crippen MR) is 87.3 cm³/mol. The minimum absolute atomic E-state index is 0.623. The van der Waals surface area contributed by atoms with Gasteiger partial charge < -0.3 is 14.8 Å². The van der Waals surface area contributed by atoms with E-state index in [-0.39, 0.29) is 0 Å². The monoisotopic (exact) mass is 285 g/mol. The van der Waals surface area contributed by atoms with E-state index >= 15 is 0 Å². The van der Waals surface area contributed by atoms with Gasteiger partial charge >= 0.3 is 0 Å². The number of aryl methyl sites for hydroxylation is 1. The minimum Gasteiger partial charge on any atom is -0.493 e. The van der Waals surface area contributed by atoms with Crippen LogP contribution in [-0.4, -0.2) is 13.7 Å². The van der Waals surface area contributed by atoms with Crippen molar-refractivity contribution in [3.63, 3.8) is 0 Å². The summed E-state index contributed by atoms with van der Waals surface area (Å²) in [5.74, 6) is 1.53. The van der Waals surface area contributed by atoms with Crippen LogP contribution in [0.1, 0.15) is 25.0 Å². The molecule has 0 unspecified atom stereocenters. The Labute approximate surface area is 126 Å². The summed E-state index contributed by atoms with van der Waals surface area (Å²) in [4.78, 5) is 0. The third-order valence-corrected chi connectivity index (χ3v) is 3.39. The Bertz CT molecular complexity index is 564. The Hall–Kier alpha value is -2.16. The normalized spacial score (nSPS) is 10.2. The molecule has 0 spiro atoms. The molecule has 3 heteroatoms. The highest BCUT2D eigenvalue weighted by molar-refractivity contribution is 5.55. The van der Waals surface area contributed by atoms with Gasteiger partial charge in [0.15, 0.2) is 11.5 Å². The molecule has 0 aliphatic carbocycles. The van der Waals surface area contributed by atoms with E-state index < -0.39 is 0 Å². The second-order valence-corrected chi connectivity index (χ2v) is 4.82. The molecule has 21 heavy (non-hydrogen) atoms. The van der Waals surface area contributed by atoms with Crippen molar-refractivity contribution >= 4 is 5.69 Å². The fraction of sp³-hybridized carbons (Fsp3) is 0.333. The number of hydrogen-bond acceptors (Lipinski definition) is 3. The van der Waals surface area contributed by atoms with E-state index in [9.17, 15) is 0 Å². The molecule has 0 aromatic heterocycles. The van der Waals surface area contributed by atoms with Crippen molar-refractivity contribution in [3.05, 3.63) is 53.6 Å². The summed E-state index contributed by atoms with van der Waals surface area (Å²) in [7, 11) is 1.65. The van der Waals surface area contributed by atoms with E-state index in [4.69, 9.17) is 9.47 Å². The van der Waals surface area contributed by atoms with Crippen molar-refractivity contribution in [3.8, 4) is 11.5 Å². The Morgan fingerprint density at radius 1 is 0.905 bits per heavy atom. The van der Waals surface area contributed by atoms with E-state index in [1.807, 2.05) is 25.1 Å². The lowest BCUT2D eigenvalue weighted by atomic mass is 10.1. The van der Waals surface area contributed by atoms with E-state index in [0.717, 1.165) is 30.2 Å². The fourth-order valence-corrected chi connectivity index (χ4v) is 2.15. The summed E-state index contributed by atoms with van der Waals surface area (Å²) < 4.78 is 10.9. The van der Waals surface area contributed by atoms with Gasteiger partial charge in [-0.1, -0.05) is 31.2 Å². The highest BCUT2D eigenvalue weighted by Crippen LogP contribution is 2.30. The lowest BCUT2D eigenvalue weighted by Crippen LogP contribution is -2.01. The van der Waals surface area contributed by atoms with Gasteiger partial charge in [-0.3, -0.25) is 0 Å². The van der Waals surface area contributed by atoms with Crippen LogP contribution >= 0.6 is 0 Å². The molecular weight excluding hydrogens is 262 g/mol. The summed E-state index contributed by atoms with van der Waals surface area (Å²) in [6.45, 7) is 5.55. The van der Waals surface area contributed by atoms with Crippen LogP contribution in [0, 0.1) is 0 Å².